The van der Waals surface area contributed by atoms with Crippen LogP contribution in [0.3, 0.4) is 0 Å². The second kappa shape index (κ2) is 7.62. The maximum absolute atomic E-state index is 11.9. The van der Waals surface area contributed by atoms with E-state index in [0.29, 0.717) is 0 Å². The topological polar surface area (TPSA) is 58.2 Å². The predicted octanol–water partition coefficient (Wildman–Crippen LogP) is 2.01. The summed E-state index contributed by atoms with van der Waals surface area (Å²) in [5, 5.41) is 3.31. The largest absolute Gasteiger partial charge is 0.313 e. The van der Waals surface area contributed by atoms with Gasteiger partial charge in [-0.05, 0) is 37.9 Å². The van der Waals surface area contributed by atoms with Crippen LogP contribution in [0.2, 0.25) is 0 Å². The number of rotatable bonds is 8. The number of hydrogen-bond donors (Lipinski definition) is 2. The highest BCUT2D eigenvalue weighted by atomic mass is 32.2. The van der Waals surface area contributed by atoms with E-state index in [1.807, 2.05) is 38.1 Å². The summed E-state index contributed by atoms with van der Waals surface area (Å²) in [6, 6.07) is 7.64. The monoisotopic (exact) mass is 284 g/mol. The Morgan fingerprint density at radius 1 is 1.21 bits per heavy atom. The Hall–Kier alpha value is -0.910. The fourth-order valence-electron chi connectivity index (χ4n) is 1.86. The van der Waals surface area contributed by atoms with Crippen molar-refractivity contribution in [3.8, 4) is 0 Å². The van der Waals surface area contributed by atoms with Crippen LogP contribution in [0.1, 0.15) is 38.3 Å². The van der Waals surface area contributed by atoms with Gasteiger partial charge in [0.2, 0.25) is 10.0 Å². The summed E-state index contributed by atoms with van der Waals surface area (Å²) in [5.41, 5.74) is 1.94. The highest BCUT2D eigenvalue weighted by Crippen LogP contribution is 2.09. The van der Waals surface area contributed by atoms with Gasteiger partial charge in [-0.1, -0.05) is 31.2 Å². The molecule has 5 heteroatoms. The van der Waals surface area contributed by atoms with Crippen LogP contribution in [0.25, 0.3) is 0 Å². The van der Waals surface area contributed by atoms with Gasteiger partial charge >= 0.3 is 0 Å². The van der Waals surface area contributed by atoms with Gasteiger partial charge in [0, 0.05) is 12.6 Å². The first-order chi connectivity index (χ1) is 8.93. The highest BCUT2D eigenvalue weighted by molar-refractivity contribution is 7.88. The Labute approximate surface area is 116 Å². The minimum absolute atomic E-state index is 0.0345. The summed E-state index contributed by atoms with van der Waals surface area (Å²) >= 11 is 0. The molecule has 0 heterocycles. The molecule has 0 radical (unpaired) electrons. The molecule has 0 amide bonds. The second-order valence-corrected chi connectivity index (χ2v) is 6.78. The third kappa shape index (κ3) is 6.71. The van der Waals surface area contributed by atoms with E-state index >= 15 is 0 Å². The molecule has 0 fully saturated rings. The van der Waals surface area contributed by atoms with Crippen molar-refractivity contribution >= 4 is 10.0 Å². The first-order valence-electron chi connectivity index (χ1n) is 6.71. The molecule has 19 heavy (non-hydrogen) atoms. The third-order valence-electron chi connectivity index (χ3n) is 2.52. The molecule has 0 saturated carbocycles. The molecule has 1 aromatic rings. The molecule has 0 unspecified atom stereocenters. The van der Waals surface area contributed by atoms with Crippen LogP contribution in [0, 0.1) is 0 Å². The number of hydrogen-bond acceptors (Lipinski definition) is 3. The Kier molecular flexibility index (Phi) is 6.48. The van der Waals surface area contributed by atoms with Crippen LogP contribution in [0.5, 0.6) is 0 Å². The quantitative estimate of drug-likeness (QED) is 0.718. The molecule has 0 saturated heterocycles. The Morgan fingerprint density at radius 3 is 2.53 bits per heavy atom. The molecule has 1 rings (SSSR count). The SMILES string of the molecule is CCCNCc1cccc(CS(=O)(=O)NC(C)C)c1. The van der Waals surface area contributed by atoms with Gasteiger partial charge in [-0.15, -0.1) is 0 Å². The zero-order valence-electron chi connectivity index (χ0n) is 11.9. The molecule has 1 aromatic carbocycles. The third-order valence-corrected chi connectivity index (χ3v) is 4.06. The Morgan fingerprint density at radius 2 is 1.89 bits per heavy atom. The molecular weight excluding hydrogens is 260 g/mol. The number of benzene rings is 1. The first kappa shape index (κ1) is 16.1. The second-order valence-electron chi connectivity index (χ2n) is 5.03. The van der Waals surface area contributed by atoms with Crippen LogP contribution in [-0.4, -0.2) is 21.0 Å². The van der Waals surface area contributed by atoms with Gasteiger partial charge in [-0.3, -0.25) is 0 Å². The molecule has 0 aromatic heterocycles. The fourth-order valence-corrected chi connectivity index (χ4v) is 3.28. The summed E-state index contributed by atoms with van der Waals surface area (Å²) in [4.78, 5) is 0. The van der Waals surface area contributed by atoms with E-state index in [4.69, 9.17) is 0 Å². The van der Waals surface area contributed by atoms with Crippen molar-refractivity contribution < 1.29 is 8.42 Å². The zero-order valence-corrected chi connectivity index (χ0v) is 12.8. The van der Waals surface area contributed by atoms with Crippen molar-refractivity contribution in [2.75, 3.05) is 6.54 Å². The molecule has 0 aliphatic carbocycles. The Balaban J connectivity index is 2.66. The van der Waals surface area contributed by atoms with Gasteiger partial charge < -0.3 is 5.32 Å². The normalized spacial score (nSPS) is 12.0. The maximum Gasteiger partial charge on any atom is 0.216 e. The van der Waals surface area contributed by atoms with E-state index in [2.05, 4.69) is 17.0 Å². The summed E-state index contributed by atoms with van der Waals surface area (Å²) in [7, 11) is -3.25. The van der Waals surface area contributed by atoms with Gasteiger partial charge in [0.15, 0.2) is 0 Å². The van der Waals surface area contributed by atoms with Crippen molar-refractivity contribution in [3.05, 3.63) is 35.4 Å². The molecule has 0 aliphatic heterocycles. The van der Waals surface area contributed by atoms with Crippen molar-refractivity contribution in [2.24, 2.45) is 0 Å². The van der Waals surface area contributed by atoms with Crippen LogP contribution in [0.15, 0.2) is 24.3 Å². The standard InChI is InChI=1S/C14H24N2O2S/c1-4-8-15-10-13-6-5-7-14(9-13)11-19(17,18)16-12(2)3/h5-7,9,12,15-16H,4,8,10-11H2,1-3H3. The lowest BCUT2D eigenvalue weighted by Gasteiger charge is -2.10. The molecule has 0 bridgehead atoms. The first-order valence-corrected chi connectivity index (χ1v) is 8.36. The Bertz CT molecular complexity index is 484. The summed E-state index contributed by atoms with van der Waals surface area (Å²) in [5.74, 6) is 0.0345. The summed E-state index contributed by atoms with van der Waals surface area (Å²) in [6.07, 6.45) is 1.09. The fraction of sp³-hybridized carbons (Fsp3) is 0.571. The molecule has 108 valence electrons. The zero-order chi connectivity index (χ0) is 14.3. The van der Waals surface area contributed by atoms with Gasteiger partial charge in [-0.25, -0.2) is 13.1 Å². The molecule has 2 N–H and O–H groups in total. The van der Waals surface area contributed by atoms with E-state index in [1.165, 1.54) is 0 Å². The summed E-state index contributed by atoms with van der Waals surface area (Å²) < 4.78 is 26.3. The maximum atomic E-state index is 11.9. The van der Waals surface area contributed by atoms with Gasteiger partial charge in [-0.2, -0.15) is 0 Å². The van der Waals surface area contributed by atoms with Crippen LogP contribution in [-0.2, 0) is 22.3 Å². The van der Waals surface area contributed by atoms with Gasteiger partial charge in [0.05, 0.1) is 5.75 Å². The van der Waals surface area contributed by atoms with E-state index < -0.39 is 10.0 Å². The molecule has 0 spiro atoms. The molecule has 4 nitrogen and oxygen atoms in total. The average molecular weight is 284 g/mol. The van der Waals surface area contributed by atoms with Gasteiger partial charge in [0.25, 0.3) is 0 Å². The van der Waals surface area contributed by atoms with Crippen molar-refractivity contribution in [2.45, 2.75) is 45.5 Å². The van der Waals surface area contributed by atoms with E-state index in [0.717, 1.165) is 30.6 Å². The van der Waals surface area contributed by atoms with Gasteiger partial charge in [0.1, 0.15) is 0 Å². The van der Waals surface area contributed by atoms with Crippen LogP contribution in [0.4, 0.5) is 0 Å². The van der Waals surface area contributed by atoms with E-state index in [1.54, 1.807) is 0 Å². The minimum atomic E-state index is -3.25. The van der Waals surface area contributed by atoms with Crippen molar-refractivity contribution in [1.82, 2.24) is 10.0 Å². The molecular formula is C14H24N2O2S. The van der Waals surface area contributed by atoms with Crippen LogP contribution >= 0.6 is 0 Å². The molecule has 0 aliphatic rings. The van der Waals surface area contributed by atoms with Crippen molar-refractivity contribution in [1.29, 1.82) is 0 Å². The van der Waals surface area contributed by atoms with E-state index in [-0.39, 0.29) is 11.8 Å². The van der Waals surface area contributed by atoms with E-state index in [9.17, 15) is 8.42 Å². The van der Waals surface area contributed by atoms with Crippen LogP contribution < -0.4 is 10.0 Å². The smallest absolute Gasteiger partial charge is 0.216 e. The lowest BCUT2D eigenvalue weighted by atomic mass is 10.1. The lowest BCUT2D eigenvalue weighted by Crippen LogP contribution is -2.31. The van der Waals surface area contributed by atoms with Crippen molar-refractivity contribution in [3.63, 3.8) is 0 Å². The number of sulfonamides is 1. The summed E-state index contributed by atoms with van der Waals surface area (Å²) in [6.45, 7) is 7.51. The lowest BCUT2D eigenvalue weighted by molar-refractivity contribution is 0.569. The molecule has 0 atom stereocenters. The predicted molar refractivity (Wildman–Crippen MR) is 79.3 cm³/mol. The average Bonchev–Trinajstić information content (AvgIpc) is 2.27. The highest BCUT2D eigenvalue weighted by Gasteiger charge is 2.12. The number of nitrogens with one attached hydrogen (secondary N) is 2. The minimum Gasteiger partial charge on any atom is -0.313 e.